The number of aryl methyl sites for hydroxylation is 1. The van der Waals surface area contributed by atoms with Crippen molar-refractivity contribution in [3.05, 3.63) is 51.7 Å². The number of aliphatic imine (C=N–C) groups is 1. The first-order valence-corrected chi connectivity index (χ1v) is 12.0. The van der Waals surface area contributed by atoms with E-state index >= 15 is 0 Å². The van der Waals surface area contributed by atoms with Crippen LogP contribution in [0.4, 0.5) is 9.39 Å². The third kappa shape index (κ3) is 3.83. The Kier molecular flexibility index (Phi) is 5.70. The standard InChI is InChI=1S/C24H28FN3OS/c25-18-10-8-17(9-11-18)23-22-19-6-2-3-7-20(19)30-24(22)28(21(29)16-26-23)15-14-27-12-4-1-5-13-27/h8-11H,1-7,12-16H2. The maximum Gasteiger partial charge on any atom is 0.249 e. The predicted octanol–water partition coefficient (Wildman–Crippen LogP) is 4.44. The first-order valence-electron chi connectivity index (χ1n) is 11.2. The highest BCUT2D eigenvalue weighted by atomic mass is 32.1. The normalized spacial score (nSPS) is 19.8. The van der Waals surface area contributed by atoms with Crippen LogP contribution in [0, 0.1) is 5.82 Å². The minimum Gasteiger partial charge on any atom is -0.302 e. The number of thiophene rings is 1. The zero-order chi connectivity index (χ0) is 20.5. The van der Waals surface area contributed by atoms with E-state index in [1.807, 2.05) is 4.90 Å². The van der Waals surface area contributed by atoms with E-state index < -0.39 is 0 Å². The van der Waals surface area contributed by atoms with Crippen LogP contribution in [0.1, 0.15) is 53.7 Å². The highest BCUT2D eigenvalue weighted by molar-refractivity contribution is 7.17. The Morgan fingerprint density at radius 1 is 0.967 bits per heavy atom. The van der Waals surface area contributed by atoms with Gasteiger partial charge >= 0.3 is 0 Å². The molecule has 0 saturated carbocycles. The second-order valence-corrected chi connectivity index (χ2v) is 9.59. The van der Waals surface area contributed by atoms with Crippen molar-refractivity contribution in [1.29, 1.82) is 0 Å². The van der Waals surface area contributed by atoms with Crippen molar-refractivity contribution in [2.45, 2.75) is 44.9 Å². The molecular weight excluding hydrogens is 397 g/mol. The molecule has 1 fully saturated rings. The number of amides is 1. The molecular formula is C24H28FN3OS. The fourth-order valence-corrected chi connectivity index (χ4v) is 6.34. The number of hydrogen-bond acceptors (Lipinski definition) is 4. The fraction of sp³-hybridized carbons (Fsp3) is 0.500. The van der Waals surface area contributed by atoms with Gasteiger partial charge in [-0.2, -0.15) is 0 Å². The molecule has 3 aliphatic rings. The van der Waals surface area contributed by atoms with E-state index in [0.29, 0.717) is 0 Å². The van der Waals surface area contributed by atoms with E-state index in [2.05, 4.69) is 4.90 Å². The molecule has 1 aromatic carbocycles. The summed E-state index contributed by atoms with van der Waals surface area (Å²) >= 11 is 1.78. The van der Waals surface area contributed by atoms with Crippen LogP contribution in [0.2, 0.25) is 0 Å². The van der Waals surface area contributed by atoms with Gasteiger partial charge in [0.15, 0.2) is 0 Å². The van der Waals surface area contributed by atoms with Crippen LogP contribution < -0.4 is 4.90 Å². The Morgan fingerprint density at radius 3 is 2.53 bits per heavy atom. The maximum absolute atomic E-state index is 13.5. The summed E-state index contributed by atoms with van der Waals surface area (Å²) in [5.41, 5.74) is 4.25. The van der Waals surface area contributed by atoms with Crippen LogP contribution in [0.3, 0.4) is 0 Å². The molecule has 0 radical (unpaired) electrons. The summed E-state index contributed by atoms with van der Waals surface area (Å²) in [5, 5.41) is 1.06. The molecule has 1 aromatic heterocycles. The lowest BCUT2D eigenvalue weighted by molar-refractivity contribution is -0.117. The van der Waals surface area contributed by atoms with Gasteiger partial charge in [0.1, 0.15) is 17.4 Å². The van der Waals surface area contributed by atoms with E-state index in [1.54, 1.807) is 23.5 Å². The van der Waals surface area contributed by atoms with Crippen LogP contribution in [0.25, 0.3) is 0 Å². The molecule has 0 bridgehead atoms. The molecule has 5 rings (SSSR count). The average molecular weight is 426 g/mol. The molecule has 1 aliphatic carbocycles. The number of piperidine rings is 1. The van der Waals surface area contributed by atoms with Gasteiger partial charge in [-0.05, 0) is 81.4 Å². The number of benzene rings is 1. The molecule has 3 heterocycles. The molecule has 0 atom stereocenters. The van der Waals surface area contributed by atoms with Crippen molar-refractivity contribution in [2.75, 3.05) is 37.6 Å². The number of hydrogen-bond donors (Lipinski definition) is 0. The Labute approximate surface area is 181 Å². The van der Waals surface area contributed by atoms with Gasteiger partial charge in [0.05, 0.1) is 5.71 Å². The van der Waals surface area contributed by atoms with E-state index in [-0.39, 0.29) is 18.3 Å². The van der Waals surface area contributed by atoms with Crippen LogP contribution in [-0.4, -0.2) is 49.2 Å². The van der Waals surface area contributed by atoms with Crippen LogP contribution in [-0.2, 0) is 17.6 Å². The predicted molar refractivity (Wildman–Crippen MR) is 121 cm³/mol. The maximum atomic E-state index is 13.5. The molecule has 2 aromatic rings. The Bertz CT molecular complexity index is 960. The van der Waals surface area contributed by atoms with Crippen molar-refractivity contribution < 1.29 is 9.18 Å². The van der Waals surface area contributed by atoms with Crippen molar-refractivity contribution in [2.24, 2.45) is 4.99 Å². The molecule has 158 valence electrons. The minimum absolute atomic E-state index is 0.0731. The van der Waals surface area contributed by atoms with Crippen molar-refractivity contribution in [1.82, 2.24) is 4.90 Å². The van der Waals surface area contributed by atoms with Crippen molar-refractivity contribution >= 4 is 28.0 Å². The van der Waals surface area contributed by atoms with Gasteiger partial charge in [0.25, 0.3) is 0 Å². The van der Waals surface area contributed by atoms with Crippen molar-refractivity contribution in [3.8, 4) is 0 Å². The largest absolute Gasteiger partial charge is 0.302 e. The molecule has 1 saturated heterocycles. The van der Waals surface area contributed by atoms with Crippen LogP contribution in [0.15, 0.2) is 29.3 Å². The smallest absolute Gasteiger partial charge is 0.249 e. The highest BCUT2D eigenvalue weighted by Crippen LogP contribution is 2.42. The highest BCUT2D eigenvalue weighted by Gasteiger charge is 2.32. The molecule has 1 amide bonds. The number of rotatable bonds is 4. The molecule has 2 aliphatic heterocycles. The molecule has 0 N–H and O–H groups in total. The second-order valence-electron chi connectivity index (χ2n) is 8.51. The summed E-state index contributed by atoms with van der Waals surface area (Å²) in [7, 11) is 0. The number of carbonyl (C=O) groups excluding carboxylic acids is 1. The SMILES string of the molecule is O=C1CN=C(c2ccc(F)cc2)c2c(sc3c2CCCC3)N1CCN1CCCCC1. The molecule has 0 spiro atoms. The van der Waals surface area contributed by atoms with Gasteiger partial charge < -0.3 is 9.80 Å². The third-order valence-electron chi connectivity index (χ3n) is 6.51. The molecule has 4 nitrogen and oxygen atoms in total. The number of nitrogens with zero attached hydrogens (tertiary/aromatic N) is 3. The quantitative estimate of drug-likeness (QED) is 0.726. The van der Waals surface area contributed by atoms with Crippen LogP contribution in [0.5, 0.6) is 0 Å². The van der Waals surface area contributed by atoms with Gasteiger partial charge in [0.2, 0.25) is 5.91 Å². The summed E-state index contributed by atoms with van der Waals surface area (Å²) in [4.78, 5) is 23.8. The lowest BCUT2D eigenvalue weighted by Gasteiger charge is -2.29. The first-order chi connectivity index (χ1) is 14.7. The van der Waals surface area contributed by atoms with Crippen molar-refractivity contribution in [3.63, 3.8) is 0 Å². The van der Waals surface area contributed by atoms with E-state index in [4.69, 9.17) is 4.99 Å². The van der Waals surface area contributed by atoms with Gasteiger partial charge in [-0.15, -0.1) is 11.3 Å². The Morgan fingerprint density at radius 2 is 1.73 bits per heavy atom. The zero-order valence-corrected chi connectivity index (χ0v) is 18.1. The number of halogens is 1. The topological polar surface area (TPSA) is 35.9 Å². The third-order valence-corrected chi connectivity index (χ3v) is 7.83. The summed E-state index contributed by atoms with van der Waals surface area (Å²) in [6.45, 7) is 4.06. The first kappa shape index (κ1) is 19.9. The number of likely N-dealkylation sites (tertiary alicyclic amines) is 1. The molecule has 6 heteroatoms. The number of fused-ring (bicyclic) bond motifs is 3. The van der Waals surface area contributed by atoms with Gasteiger partial charge in [-0.25, -0.2) is 4.39 Å². The lowest BCUT2D eigenvalue weighted by atomic mass is 9.91. The number of anilines is 1. The summed E-state index contributed by atoms with van der Waals surface area (Å²) < 4.78 is 13.5. The lowest BCUT2D eigenvalue weighted by Crippen LogP contribution is -2.41. The van der Waals surface area contributed by atoms with Gasteiger partial charge in [-0.3, -0.25) is 9.79 Å². The van der Waals surface area contributed by atoms with E-state index in [0.717, 1.165) is 60.9 Å². The summed E-state index contributed by atoms with van der Waals surface area (Å²) in [6.07, 6.45) is 8.32. The summed E-state index contributed by atoms with van der Waals surface area (Å²) in [6, 6.07) is 6.55. The van der Waals surface area contributed by atoms with Crippen LogP contribution >= 0.6 is 11.3 Å². The Hall–Kier alpha value is -2.05. The fourth-order valence-electron chi connectivity index (χ4n) is 4.90. The zero-order valence-electron chi connectivity index (χ0n) is 17.3. The Balaban J connectivity index is 1.53. The molecule has 0 unspecified atom stereocenters. The van der Waals surface area contributed by atoms with Gasteiger partial charge in [0, 0.05) is 29.1 Å². The molecule has 30 heavy (non-hydrogen) atoms. The van der Waals surface area contributed by atoms with Gasteiger partial charge in [-0.1, -0.05) is 6.42 Å². The van der Waals surface area contributed by atoms with E-state index in [9.17, 15) is 9.18 Å². The minimum atomic E-state index is -0.250. The summed E-state index contributed by atoms with van der Waals surface area (Å²) in [5.74, 6) is -0.177. The average Bonchev–Trinajstić information content (AvgIpc) is 3.09. The second kappa shape index (κ2) is 8.60. The number of carbonyl (C=O) groups is 1. The monoisotopic (exact) mass is 425 g/mol. The van der Waals surface area contributed by atoms with E-state index in [1.165, 1.54) is 54.7 Å².